The standard InChI is InChI=1S/C19H28ClN3O3S/c1-15-10-16(2)13-22(12-15)19(24)14-21-6-8-23(9-7-21)27(25,26)18-5-3-4-17(20)11-18/h3-5,11,15-16H,6-10,12-14H2,1-2H3. The van der Waals surface area contributed by atoms with Crippen LogP contribution in [0.1, 0.15) is 20.3 Å². The molecule has 150 valence electrons. The van der Waals surface area contributed by atoms with Gasteiger partial charge < -0.3 is 4.90 Å². The van der Waals surface area contributed by atoms with Crippen LogP contribution in [0.25, 0.3) is 0 Å². The Bertz CT molecular complexity index is 768. The van der Waals surface area contributed by atoms with Crippen LogP contribution in [0.3, 0.4) is 0 Å². The van der Waals surface area contributed by atoms with Gasteiger partial charge in [0.15, 0.2) is 0 Å². The van der Waals surface area contributed by atoms with E-state index in [1.807, 2.05) is 4.90 Å². The van der Waals surface area contributed by atoms with Gasteiger partial charge in [0.1, 0.15) is 0 Å². The Morgan fingerprint density at radius 1 is 1.11 bits per heavy atom. The maximum absolute atomic E-state index is 12.8. The van der Waals surface area contributed by atoms with E-state index in [1.165, 1.54) is 16.8 Å². The van der Waals surface area contributed by atoms with Gasteiger partial charge in [-0.15, -0.1) is 0 Å². The number of hydrogen-bond acceptors (Lipinski definition) is 4. The van der Waals surface area contributed by atoms with Gasteiger partial charge in [0.25, 0.3) is 0 Å². The van der Waals surface area contributed by atoms with Crippen molar-refractivity contribution in [2.75, 3.05) is 45.8 Å². The number of hydrogen-bond donors (Lipinski definition) is 0. The predicted molar refractivity (Wildman–Crippen MR) is 106 cm³/mol. The lowest BCUT2D eigenvalue weighted by Gasteiger charge is -2.38. The Morgan fingerprint density at radius 2 is 1.74 bits per heavy atom. The van der Waals surface area contributed by atoms with Crippen molar-refractivity contribution in [2.45, 2.75) is 25.2 Å². The molecule has 0 N–H and O–H groups in total. The van der Waals surface area contributed by atoms with Gasteiger partial charge in [-0.3, -0.25) is 9.69 Å². The number of nitrogens with zero attached hydrogens (tertiary/aromatic N) is 3. The van der Waals surface area contributed by atoms with Gasteiger partial charge in [0.2, 0.25) is 15.9 Å². The first-order valence-electron chi connectivity index (χ1n) is 9.51. The maximum atomic E-state index is 12.8. The lowest BCUT2D eigenvalue weighted by molar-refractivity contribution is -0.135. The van der Waals surface area contributed by atoms with Crippen LogP contribution < -0.4 is 0 Å². The summed E-state index contributed by atoms with van der Waals surface area (Å²) in [6, 6.07) is 6.35. The molecule has 2 atom stereocenters. The van der Waals surface area contributed by atoms with E-state index in [1.54, 1.807) is 18.2 Å². The molecular formula is C19H28ClN3O3S. The number of sulfonamides is 1. The summed E-state index contributed by atoms with van der Waals surface area (Å²) in [5.74, 6) is 1.23. The van der Waals surface area contributed by atoms with E-state index < -0.39 is 10.0 Å². The number of rotatable bonds is 4. The number of piperidine rings is 1. The fraction of sp³-hybridized carbons (Fsp3) is 0.632. The van der Waals surface area contributed by atoms with Crippen LogP contribution >= 0.6 is 11.6 Å². The first-order chi connectivity index (χ1) is 12.8. The van der Waals surface area contributed by atoms with E-state index in [0.29, 0.717) is 49.6 Å². The summed E-state index contributed by atoms with van der Waals surface area (Å²) in [5.41, 5.74) is 0. The molecule has 0 bridgehead atoms. The Balaban J connectivity index is 1.55. The monoisotopic (exact) mass is 413 g/mol. The summed E-state index contributed by atoms with van der Waals surface area (Å²) in [5, 5.41) is 0.408. The van der Waals surface area contributed by atoms with Crippen LogP contribution in [0, 0.1) is 11.8 Å². The molecule has 27 heavy (non-hydrogen) atoms. The molecule has 2 unspecified atom stereocenters. The third-order valence-electron chi connectivity index (χ3n) is 5.35. The zero-order valence-corrected chi connectivity index (χ0v) is 17.5. The molecule has 6 nitrogen and oxygen atoms in total. The molecule has 2 saturated heterocycles. The average molecular weight is 414 g/mol. The quantitative estimate of drug-likeness (QED) is 0.758. The summed E-state index contributed by atoms with van der Waals surface area (Å²) >= 11 is 5.93. The van der Waals surface area contributed by atoms with Crippen molar-refractivity contribution >= 4 is 27.5 Å². The maximum Gasteiger partial charge on any atom is 0.243 e. The van der Waals surface area contributed by atoms with Crippen molar-refractivity contribution in [3.63, 3.8) is 0 Å². The molecule has 0 spiro atoms. The van der Waals surface area contributed by atoms with Gasteiger partial charge in [0, 0.05) is 44.3 Å². The molecule has 2 heterocycles. The summed E-state index contributed by atoms with van der Waals surface area (Å²) in [6.07, 6.45) is 1.17. The molecule has 1 aromatic rings. The third kappa shape index (κ3) is 5.02. The second kappa shape index (κ2) is 8.47. The van der Waals surface area contributed by atoms with Gasteiger partial charge in [-0.2, -0.15) is 4.31 Å². The van der Waals surface area contributed by atoms with Crippen molar-refractivity contribution in [2.24, 2.45) is 11.8 Å². The first kappa shape index (κ1) is 20.6. The first-order valence-corrected chi connectivity index (χ1v) is 11.3. The van der Waals surface area contributed by atoms with Crippen LogP contribution in [0.2, 0.25) is 5.02 Å². The summed E-state index contributed by atoms with van der Waals surface area (Å²) < 4.78 is 27.0. The SMILES string of the molecule is CC1CC(C)CN(C(=O)CN2CCN(S(=O)(=O)c3cccc(Cl)c3)CC2)C1. The molecule has 0 radical (unpaired) electrons. The smallest absolute Gasteiger partial charge is 0.243 e. The summed E-state index contributed by atoms with van der Waals surface area (Å²) in [6.45, 7) is 8.28. The zero-order valence-electron chi connectivity index (χ0n) is 16.0. The van der Waals surface area contributed by atoms with Crippen molar-refractivity contribution in [3.8, 4) is 0 Å². The van der Waals surface area contributed by atoms with Gasteiger partial charge in [-0.25, -0.2) is 8.42 Å². The normalized spacial score (nSPS) is 25.5. The number of likely N-dealkylation sites (tertiary alicyclic amines) is 1. The fourth-order valence-corrected chi connectivity index (χ4v) is 5.79. The number of piperazine rings is 1. The van der Waals surface area contributed by atoms with E-state index in [9.17, 15) is 13.2 Å². The zero-order chi connectivity index (χ0) is 19.6. The minimum absolute atomic E-state index is 0.152. The van der Waals surface area contributed by atoms with E-state index in [2.05, 4.69) is 18.7 Å². The van der Waals surface area contributed by atoms with Crippen LogP contribution in [0.5, 0.6) is 0 Å². The lowest BCUT2D eigenvalue weighted by Crippen LogP contribution is -2.52. The van der Waals surface area contributed by atoms with Crippen molar-refractivity contribution < 1.29 is 13.2 Å². The van der Waals surface area contributed by atoms with Gasteiger partial charge in [0.05, 0.1) is 11.4 Å². The van der Waals surface area contributed by atoms with Crippen molar-refractivity contribution in [1.82, 2.24) is 14.1 Å². The highest BCUT2D eigenvalue weighted by molar-refractivity contribution is 7.89. The molecule has 1 amide bonds. The van der Waals surface area contributed by atoms with Crippen LogP contribution in [0.15, 0.2) is 29.2 Å². The second-order valence-corrected chi connectivity index (χ2v) is 10.3. The number of halogens is 1. The lowest BCUT2D eigenvalue weighted by atomic mass is 9.92. The minimum Gasteiger partial charge on any atom is -0.341 e. The second-order valence-electron chi connectivity index (χ2n) is 7.88. The number of carbonyl (C=O) groups excluding carboxylic acids is 1. The molecule has 3 rings (SSSR count). The highest BCUT2D eigenvalue weighted by atomic mass is 35.5. The molecule has 2 aliphatic heterocycles. The summed E-state index contributed by atoms with van der Waals surface area (Å²) in [7, 11) is -3.54. The molecule has 2 fully saturated rings. The molecule has 0 aromatic heterocycles. The van der Waals surface area contributed by atoms with Gasteiger partial charge >= 0.3 is 0 Å². The topological polar surface area (TPSA) is 60.9 Å². The Kier molecular flexibility index (Phi) is 6.46. The largest absolute Gasteiger partial charge is 0.341 e. The Morgan fingerprint density at radius 3 is 2.33 bits per heavy atom. The number of carbonyl (C=O) groups is 1. The third-order valence-corrected chi connectivity index (χ3v) is 7.48. The van der Waals surface area contributed by atoms with Crippen molar-refractivity contribution in [3.05, 3.63) is 29.3 Å². The van der Waals surface area contributed by atoms with Crippen LogP contribution in [0.4, 0.5) is 0 Å². The van der Waals surface area contributed by atoms with Crippen LogP contribution in [-0.2, 0) is 14.8 Å². The molecule has 1 aromatic carbocycles. The van der Waals surface area contributed by atoms with E-state index in [-0.39, 0.29) is 10.8 Å². The average Bonchev–Trinajstić information content (AvgIpc) is 2.61. The fourth-order valence-electron chi connectivity index (χ4n) is 4.06. The van der Waals surface area contributed by atoms with E-state index in [0.717, 1.165) is 13.1 Å². The molecule has 0 saturated carbocycles. The minimum atomic E-state index is -3.54. The Hall–Kier alpha value is -1.15. The summed E-state index contributed by atoms with van der Waals surface area (Å²) in [4.78, 5) is 16.9. The predicted octanol–water partition coefficient (Wildman–Crippen LogP) is 2.15. The molecule has 2 aliphatic rings. The van der Waals surface area contributed by atoms with Gasteiger partial charge in [-0.05, 0) is 36.5 Å². The molecular weight excluding hydrogens is 386 g/mol. The molecule has 8 heteroatoms. The molecule has 0 aliphatic carbocycles. The highest BCUT2D eigenvalue weighted by Gasteiger charge is 2.31. The van der Waals surface area contributed by atoms with E-state index in [4.69, 9.17) is 11.6 Å². The number of amides is 1. The number of benzene rings is 1. The van der Waals surface area contributed by atoms with Gasteiger partial charge in [-0.1, -0.05) is 31.5 Å². The van der Waals surface area contributed by atoms with Crippen LogP contribution in [-0.4, -0.2) is 74.2 Å². The van der Waals surface area contributed by atoms with Crippen molar-refractivity contribution in [1.29, 1.82) is 0 Å². The highest BCUT2D eigenvalue weighted by Crippen LogP contribution is 2.22. The van der Waals surface area contributed by atoms with E-state index >= 15 is 0 Å². The Labute approximate surface area is 167 Å².